The zero-order chi connectivity index (χ0) is 18.9. The van der Waals surface area contributed by atoms with E-state index in [4.69, 9.17) is 9.47 Å². The van der Waals surface area contributed by atoms with Crippen molar-refractivity contribution >= 4 is 17.5 Å². The number of benzene rings is 2. The van der Waals surface area contributed by atoms with Crippen LogP contribution in [0.4, 0.5) is 5.69 Å². The van der Waals surface area contributed by atoms with Crippen LogP contribution in [0.25, 0.3) is 0 Å². The second-order valence-corrected chi connectivity index (χ2v) is 5.75. The third kappa shape index (κ3) is 5.51. The van der Waals surface area contributed by atoms with E-state index in [0.29, 0.717) is 24.4 Å². The van der Waals surface area contributed by atoms with Gasteiger partial charge in [-0.3, -0.25) is 9.59 Å². The van der Waals surface area contributed by atoms with Crippen molar-refractivity contribution < 1.29 is 19.1 Å². The molecule has 138 valence electrons. The predicted octanol–water partition coefficient (Wildman–Crippen LogP) is 2.42. The van der Waals surface area contributed by atoms with E-state index in [0.717, 1.165) is 11.3 Å². The second kappa shape index (κ2) is 9.46. The number of carbonyl (C=O) groups excluding carboxylic acids is 2. The van der Waals surface area contributed by atoms with Gasteiger partial charge in [0.25, 0.3) is 0 Å². The zero-order valence-electron chi connectivity index (χ0n) is 15.3. The molecule has 0 aliphatic rings. The molecule has 26 heavy (non-hydrogen) atoms. The fraction of sp³-hybridized carbons (Fsp3) is 0.300. The van der Waals surface area contributed by atoms with E-state index in [1.807, 2.05) is 24.3 Å². The van der Waals surface area contributed by atoms with Crippen LogP contribution >= 0.6 is 0 Å². The van der Waals surface area contributed by atoms with Gasteiger partial charge in [-0.05, 0) is 48.4 Å². The lowest BCUT2D eigenvalue weighted by Gasteiger charge is -2.21. The van der Waals surface area contributed by atoms with Crippen LogP contribution in [-0.2, 0) is 16.0 Å². The van der Waals surface area contributed by atoms with E-state index >= 15 is 0 Å². The Kier molecular flexibility index (Phi) is 7.02. The third-order valence-electron chi connectivity index (χ3n) is 3.94. The first-order valence-corrected chi connectivity index (χ1v) is 8.35. The van der Waals surface area contributed by atoms with Gasteiger partial charge >= 0.3 is 0 Å². The molecule has 0 saturated carbocycles. The standard InChI is InChI=1S/C20H24N2O4/c1-15(23)22(17-7-9-18(25-2)10-8-17)14-20(24)21-12-11-16-5-4-6-19(13-16)26-3/h4-10,13H,11-12,14H2,1-3H3,(H,21,24). The second-order valence-electron chi connectivity index (χ2n) is 5.75. The Morgan fingerprint density at radius 3 is 2.31 bits per heavy atom. The normalized spacial score (nSPS) is 10.1. The molecule has 2 amide bonds. The molecule has 0 aromatic heterocycles. The number of methoxy groups -OCH3 is 2. The molecule has 0 aliphatic heterocycles. The van der Waals surface area contributed by atoms with E-state index < -0.39 is 0 Å². The lowest BCUT2D eigenvalue weighted by molar-refractivity contribution is -0.123. The van der Waals surface area contributed by atoms with Crippen LogP contribution < -0.4 is 19.7 Å². The molecule has 2 aromatic carbocycles. The van der Waals surface area contributed by atoms with E-state index in [1.165, 1.54) is 11.8 Å². The highest BCUT2D eigenvalue weighted by Crippen LogP contribution is 2.19. The smallest absolute Gasteiger partial charge is 0.240 e. The Balaban J connectivity index is 1.89. The van der Waals surface area contributed by atoms with Gasteiger partial charge in [0, 0.05) is 19.2 Å². The van der Waals surface area contributed by atoms with Crippen molar-refractivity contribution in [1.29, 1.82) is 0 Å². The Bertz CT molecular complexity index is 744. The number of carbonyl (C=O) groups is 2. The average Bonchev–Trinajstić information content (AvgIpc) is 2.66. The highest BCUT2D eigenvalue weighted by atomic mass is 16.5. The number of nitrogens with one attached hydrogen (secondary N) is 1. The zero-order valence-corrected chi connectivity index (χ0v) is 15.3. The Morgan fingerprint density at radius 2 is 1.69 bits per heavy atom. The summed E-state index contributed by atoms with van der Waals surface area (Å²) in [6.07, 6.45) is 0.686. The summed E-state index contributed by atoms with van der Waals surface area (Å²) < 4.78 is 10.3. The molecule has 0 saturated heterocycles. The first-order chi connectivity index (χ1) is 12.5. The summed E-state index contributed by atoms with van der Waals surface area (Å²) in [5.74, 6) is 1.08. The highest BCUT2D eigenvalue weighted by molar-refractivity contribution is 5.97. The minimum atomic E-state index is -0.209. The maximum absolute atomic E-state index is 12.2. The summed E-state index contributed by atoms with van der Waals surface area (Å²) in [6, 6.07) is 14.7. The van der Waals surface area contributed by atoms with Crippen molar-refractivity contribution in [3.63, 3.8) is 0 Å². The van der Waals surface area contributed by atoms with Gasteiger partial charge in [0.05, 0.1) is 14.2 Å². The molecule has 0 radical (unpaired) electrons. The molecular formula is C20H24N2O4. The summed E-state index contributed by atoms with van der Waals surface area (Å²) >= 11 is 0. The van der Waals surface area contributed by atoms with Gasteiger partial charge in [-0.1, -0.05) is 12.1 Å². The van der Waals surface area contributed by atoms with E-state index in [-0.39, 0.29) is 18.4 Å². The molecule has 0 spiro atoms. The van der Waals surface area contributed by atoms with Crippen LogP contribution in [0.3, 0.4) is 0 Å². The molecular weight excluding hydrogens is 332 g/mol. The SMILES string of the molecule is COc1ccc(N(CC(=O)NCCc2cccc(OC)c2)C(C)=O)cc1. The summed E-state index contributed by atoms with van der Waals surface area (Å²) in [5.41, 5.74) is 1.73. The first kappa shape index (κ1) is 19.3. The molecule has 0 unspecified atom stereocenters. The van der Waals surface area contributed by atoms with Crippen molar-refractivity contribution in [2.24, 2.45) is 0 Å². The van der Waals surface area contributed by atoms with Gasteiger partial charge in [-0.25, -0.2) is 0 Å². The van der Waals surface area contributed by atoms with Crippen LogP contribution in [0.2, 0.25) is 0 Å². The fourth-order valence-corrected chi connectivity index (χ4v) is 2.52. The van der Waals surface area contributed by atoms with Crippen LogP contribution in [-0.4, -0.2) is 39.1 Å². The van der Waals surface area contributed by atoms with E-state index in [2.05, 4.69) is 5.32 Å². The molecule has 2 rings (SSSR count). The Hall–Kier alpha value is -3.02. The molecule has 0 heterocycles. The largest absolute Gasteiger partial charge is 0.497 e. The molecule has 1 N–H and O–H groups in total. The molecule has 0 aliphatic carbocycles. The van der Waals surface area contributed by atoms with Gasteiger partial charge in [-0.15, -0.1) is 0 Å². The minimum absolute atomic E-state index is 0.0280. The van der Waals surface area contributed by atoms with Crippen LogP contribution in [0, 0.1) is 0 Å². The van der Waals surface area contributed by atoms with Crippen molar-refractivity contribution in [2.45, 2.75) is 13.3 Å². The highest BCUT2D eigenvalue weighted by Gasteiger charge is 2.15. The Morgan fingerprint density at radius 1 is 1.00 bits per heavy atom. The van der Waals surface area contributed by atoms with Crippen LogP contribution in [0.5, 0.6) is 11.5 Å². The number of amides is 2. The van der Waals surface area contributed by atoms with Gasteiger partial charge in [-0.2, -0.15) is 0 Å². The van der Waals surface area contributed by atoms with Crippen LogP contribution in [0.15, 0.2) is 48.5 Å². The quantitative estimate of drug-likeness (QED) is 0.789. The number of rotatable bonds is 8. The number of hydrogen-bond donors (Lipinski definition) is 1. The number of ether oxygens (including phenoxy) is 2. The minimum Gasteiger partial charge on any atom is -0.497 e. The number of hydrogen-bond acceptors (Lipinski definition) is 4. The average molecular weight is 356 g/mol. The van der Waals surface area contributed by atoms with Crippen molar-refractivity contribution in [2.75, 3.05) is 32.2 Å². The van der Waals surface area contributed by atoms with Gasteiger partial charge in [0.1, 0.15) is 18.0 Å². The van der Waals surface area contributed by atoms with Crippen molar-refractivity contribution in [3.8, 4) is 11.5 Å². The lowest BCUT2D eigenvalue weighted by Crippen LogP contribution is -2.40. The van der Waals surface area contributed by atoms with Gasteiger partial charge in [0.2, 0.25) is 11.8 Å². The molecule has 6 nitrogen and oxygen atoms in total. The Labute approximate surface area is 153 Å². The summed E-state index contributed by atoms with van der Waals surface area (Å²) in [5, 5.41) is 2.85. The molecule has 6 heteroatoms. The molecule has 0 bridgehead atoms. The van der Waals surface area contributed by atoms with Crippen molar-refractivity contribution in [3.05, 3.63) is 54.1 Å². The van der Waals surface area contributed by atoms with E-state index in [1.54, 1.807) is 38.5 Å². The van der Waals surface area contributed by atoms with Gasteiger partial charge in [0.15, 0.2) is 0 Å². The molecule has 0 atom stereocenters. The van der Waals surface area contributed by atoms with Gasteiger partial charge < -0.3 is 19.7 Å². The number of anilines is 1. The fourth-order valence-electron chi connectivity index (χ4n) is 2.52. The summed E-state index contributed by atoms with van der Waals surface area (Å²) in [7, 11) is 3.20. The molecule has 0 fully saturated rings. The maximum atomic E-state index is 12.2. The van der Waals surface area contributed by atoms with Crippen molar-refractivity contribution in [1.82, 2.24) is 5.32 Å². The summed E-state index contributed by atoms with van der Waals surface area (Å²) in [6.45, 7) is 1.90. The topological polar surface area (TPSA) is 67.9 Å². The maximum Gasteiger partial charge on any atom is 0.240 e. The number of nitrogens with zero attached hydrogens (tertiary/aromatic N) is 1. The third-order valence-corrected chi connectivity index (χ3v) is 3.94. The lowest BCUT2D eigenvalue weighted by atomic mass is 10.1. The molecule has 2 aromatic rings. The van der Waals surface area contributed by atoms with Crippen LogP contribution in [0.1, 0.15) is 12.5 Å². The first-order valence-electron chi connectivity index (χ1n) is 8.35. The monoisotopic (exact) mass is 356 g/mol. The summed E-state index contributed by atoms with van der Waals surface area (Å²) in [4.78, 5) is 25.5. The predicted molar refractivity (Wildman–Crippen MR) is 101 cm³/mol. The van der Waals surface area contributed by atoms with E-state index in [9.17, 15) is 9.59 Å².